The lowest BCUT2D eigenvalue weighted by Gasteiger charge is -2.14. The van der Waals surface area contributed by atoms with Crippen LogP contribution in [-0.2, 0) is 4.74 Å². The first-order valence-electron chi connectivity index (χ1n) is 9.80. The highest BCUT2D eigenvalue weighted by Crippen LogP contribution is 2.31. The van der Waals surface area contributed by atoms with Crippen molar-refractivity contribution in [1.29, 1.82) is 0 Å². The highest BCUT2D eigenvalue weighted by atomic mass is 16.5. The van der Waals surface area contributed by atoms with Crippen molar-refractivity contribution >= 4 is 16.6 Å². The van der Waals surface area contributed by atoms with Crippen LogP contribution in [0.1, 0.15) is 17.5 Å². The average molecular weight is 374 g/mol. The zero-order valence-corrected chi connectivity index (χ0v) is 16.5. The van der Waals surface area contributed by atoms with E-state index in [0.717, 1.165) is 36.7 Å². The molecule has 0 aliphatic carbocycles. The standard InChI is InChI=1S/C24H26N2O2/c1-17-4-6-18(7-5-17)19-8-9-20-16-23(28-13-3-12-27-2)22(15-21(20)14-19)24-25-10-11-26-24/h4-9,14-16H,3,10-13H2,1-2H3,(H,25,26). The highest BCUT2D eigenvalue weighted by molar-refractivity contribution is 6.06. The van der Waals surface area contributed by atoms with E-state index in [0.29, 0.717) is 13.2 Å². The lowest BCUT2D eigenvalue weighted by Crippen LogP contribution is -2.20. The van der Waals surface area contributed by atoms with Crippen LogP contribution in [0.15, 0.2) is 59.6 Å². The summed E-state index contributed by atoms with van der Waals surface area (Å²) in [6.45, 7) is 5.11. The van der Waals surface area contributed by atoms with Crippen LogP contribution in [0.5, 0.6) is 5.75 Å². The maximum absolute atomic E-state index is 6.09. The van der Waals surface area contributed by atoms with Crippen molar-refractivity contribution in [2.45, 2.75) is 13.3 Å². The van der Waals surface area contributed by atoms with Gasteiger partial charge in [0.25, 0.3) is 0 Å². The number of ether oxygens (including phenoxy) is 2. The fourth-order valence-electron chi connectivity index (χ4n) is 3.47. The van der Waals surface area contributed by atoms with Gasteiger partial charge in [0.2, 0.25) is 0 Å². The summed E-state index contributed by atoms with van der Waals surface area (Å²) in [5.74, 6) is 1.80. The molecular weight excluding hydrogens is 348 g/mol. The van der Waals surface area contributed by atoms with Crippen molar-refractivity contribution in [2.24, 2.45) is 4.99 Å². The van der Waals surface area contributed by atoms with E-state index < -0.39 is 0 Å². The third-order valence-electron chi connectivity index (χ3n) is 5.00. The molecule has 0 spiro atoms. The van der Waals surface area contributed by atoms with Gasteiger partial charge in [0.05, 0.1) is 18.7 Å². The topological polar surface area (TPSA) is 42.9 Å². The molecule has 28 heavy (non-hydrogen) atoms. The van der Waals surface area contributed by atoms with Gasteiger partial charge in [-0.2, -0.15) is 0 Å². The second kappa shape index (κ2) is 8.44. The zero-order valence-electron chi connectivity index (χ0n) is 16.5. The minimum absolute atomic E-state index is 0.626. The first-order valence-corrected chi connectivity index (χ1v) is 9.80. The summed E-state index contributed by atoms with van der Waals surface area (Å²) >= 11 is 0. The molecule has 144 valence electrons. The molecule has 0 unspecified atom stereocenters. The van der Waals surface area contributed by atoms with E-state index in [1.54, 1.807) is 7.11 Å². The summed E-state index contributed by atoms with van der Waals surface area (Å²) in [6, 6.07) is 19.5. The first kappa shape index (κ1) is 18.5. The van der Waals surface area contributed by atoms with Crippen molar-refractivity contribution in [3.63, 3.8) is 0 Å². The lowest BCUT2D eigenvalue weighted by atomic mass is 9.98. The Morgan fingerprint density at radius 1 is 0.929 bits per heavy atom. The zero-order chi connectivity index (χ0) is 19.3. The molecule has 4 nitrogen and oxygen atoms in total. The molecule has 0 saturated carbocycles. The molecule has 4 heteroatoms. The molecule has 0 saturated heterocycles. The monoisotopic (exact) mass is 374 g/mol. The quantitative estimate of drug-likeness (QED) is 0.616. The molecule has 0 amide bonds. The van der Waals surface area contributed by atoms with Gasteiger partial charge in [-0.25, -0.2) is 0 Å². The molecule has 0 bridgehead atoms. The molecule has 3 aromatic carbocycles. The molecule has 0 atom stereocenters. The molecule has 4 rings (SSSR count). The third-order valence-corrected chi connectivity index (χ3v) is 5.00. The number of rotatable bonds is 7. The average Bonchev–Trinajstić information content (AvgIpc) is 3.25. The van der Waals surface area contributed by atoms with Crippen LogP contribution in [0.25, 0.3) is 21.9 Å². The summed E-state index contributed by atoms with van der Waals surface area (Å²) < 4.78 is 11.2. The van der Waals surface area contributed by atoms with E-state index in [9.17, 15) is 0 Å². The Morgan fingerprint density at radius 3 is 2.50 bits per heavy atom. The Labute approximate surface area is 166 Å². The minimum atomic E-state index is 0.626. The van der Waals surface area contributed by atoms with Gasteiger partial charge in [-0.05, 0) is 47.0 Å². The summed E-state index contributed by atoms with van der Waals surface area (Å²) in [7, 11) is 1.71. The van der Waals surface area contributed by atoms with E-state index in [1.165, 1.54) is 27.5 Å². The van der Waals surface area contributed by atoms with Crippen LogP contribution < -0.4 is 10.1 Å². The number of nitrogens with zero attached hydrogens (tertiary/aromatic N) is 1. The number of nitrogens with one attached hydrogen (secondary N) is 1. The van der Waals surface area contributed by atoms with Gasteiger partial charge in [0.15, 0.2) is 0 Å². The molecule has 3 aromatic rings. The fraction of sp³-hybridized carbons (Fsp3) is 0.292. The van der Waals surface area contributed by atoms with Gasteiger partial charge in [-0.3, -0.25) is 4.99 Å². The van der Waals surface area contributed by atoms with E-state index in [-0.39, 0.29) is 0 Å². The van der Waals surface area contributed by atoms with Crippen LogP contribution in [-0.4, -0.2) is 39.2 Å². The summed E-state index contributed by atoms with van der Waals surface area (Å²) in [6.07, 6.45) is 0.861. The molecule has 1 aliphatic heterocycles. The van der Waals surface area contributed by atoms with Gasteiger partial charge in [0.1, 0.15) is 11.6 Å². The number of aryl methyl sites for hydroxylation is 1. The van der Waals surface area contributed by atoms with Gasteiger partial charge < -0.3 is 14.8 Å². The molecular formula is C24H26N2O2. The minimum Gasteiger partial charge on any atom is -0.493 e. The second-order valence-electron chi connectivity index (χ2n) is 7.13. The molecule has 0 radical (unpaired) electrons. The Hall–Kier alpha value is -2.85. The van der Waals surface area contributed by atoms with Gasteiger partial charge >= 0.3 is 0 Å². The first-order chi connectivity index (χ1) is 13.7. The van der Waals surface area contributed by atoms with Crippen LogP contribution in [0.3, 0.4) is 0 Å². The van der Waals surface area contributed by atoms with E-state index >= 15 is 0 Å². The molecule has 1 aliphatic rings. The third kappa shape index (κ3) is 4.02. The Kier molecular flexibility index (Phi) is 5.58. The van der Waals surface area contributed by atoms with Crippen LogP contribution in [0.4, 0.5) is 0 Å². The maximum atomic E-state index is 6.09. The summed E-state index contributed by atoms with van der Waals surface area (Å²) in [4.78, 5) is 4.61. The Morgan fingerprint density at radius 2 is 1.75 bits per heavy atom. The van der Waals surface area contributed by atoms with Crippen molar-refractivity contribution in [2.75, 3.05) is 33.4 Å². The molecule has 0 aromatic heterocycles. The van der Waals surface area contributed by atoms with Crippen molar-refractivity contribution in [3.8, 4) is 16.9 Å². The van der Waals surface area contributed by atoms with Crippen molar-refractivity contribution in [1.82, 2.24) is 5.32 Å². The van der Waals surface area contributed by atoms with E-state index in [4.69, 9.17) is 9.47 Å². The lowest BCUT2D eigenvalue weighted by molar-refractivity contribution is 0.172. The van der Waals surface area contributed by atoms with Crippen molar-refractivity contribution in [3.05, 3.63) is 65.7 Å². The smallest absolute Gasteiger partial charge is 0.132 e. The maximum Gasteiger partial charge on any atom is 0.132 e. The van der Waals surface area contributed by atoms with E-state index in [2.05, 4.69) is 71.8 Å². The predicted octanol–water partition coefficient (Wildman–Crippen LogP) is 4.58. The van der Waals surface area contributed by atoms with Crippen LogP contribution in [0.2, 0.25) is 0 Å². The van der Waals surface area contributed by atoms with Crippen molar-refractivity contribution < 1.29 is 9.47 Å². The number of methoxy groups -OCH3 is 1. The molecule has 1 heterocycles. The van der Waals surface area contributed by atoms with Gasteiger partial charge in [0, 0.05) is 26.7 Å². The summed E-state index contributed by atoms with van der Waals surface area (Å²) in [5.41, 5.74) is 4.75. The number of benzene rings is 3. The Bertz CT molecular complexity index is 993. The van der Waals surface area contributed by atoms with Gasteiger partial charge in [-0.15, -0.1) is 0 Å². The molecule has 0 fully saturated rings. The van der Waals surface area contributed by atoms with Crippen LogP contribution >= 0.6 is 0 Å². The number of amidine groups is 1. The van der Waals surface area contributed by atoms with Crippen LogP contribution in [0, 0.1) is 6.92 Å². The number of fused-ring (bicyclic) bond motifs is 1. The SMILES string of the molecule is COCCCOc1cc2ccc(-c3ccc(C)cc3)cc2cc1C1=NCCN1. The number of hydrogen-bond donors (Lipinski definition) is 1. The Balaban J connectivity index is 1.71. The normalized spacial score (nSPS) is 13.4. The fourth-order valence-corrected chi connectivity index (χ4v) is 3.47. The van der Waals surface area contributed by atoms with Gasteiger partial charge in [-0.1, -0.05) is 42.0 Å². The highest BCUT2D eigenvalue weighted by Gasteiger charge is 2.15. The summed E-state index contributed by atoms with van der Waals surface area (Å²) in [5, 5.41) is 5.73. The number of hydrogen-bond acceptors (Lipinski definition) is 4. The van der Waals surface area contributed by atoms with E-state index in [1.807, 2.05) is 0 Å². The largest absolute Gasteiger partial charge is 0.493 e. The second-order valence-corrected chi connectivity index (χ2v) is 7.13. The molecule has 1 N–H and O–H groups in total. The number of aliphatic imine (C=N–C) groups is 1. The predicted molar refractivity (Wildman–Crippen MR) is 116 cm³/mol.